The molecular formula is C24H29F4N3O2. The van der Waals surface area contributed by atoms with E-state index in [2.05, 4.69) is 28.5 Å². The number of benzene rings is 1. The number of nitrogens with zero attached hydrogens (tertiary/aromatic N) is 3. The van der Waals surface area contributed by atoms with Gasteiger partial charge in [-0.2, -0.15) is 17.6 Å². The van der Waals surface area contributed by atoms with Crippen molar-refractivity contribution in [3.05, 3.63) is 59.4 Å². The van der Waals surface area contributed by atoms with Gasteiger partial charge in [-0.05, 0) is 30.2 Å². The molecule has 0 radical (unpaired) electrons. The zero-order valence-corrected chi connectivity index (χ0v) is 19.2. The lowest BCUT2D eigenvalue weighted by atomic mass is 9.62. The number of aromatic nitrogens is 1. The fraction of sp³-hybridized carbons (Fsp3) is 0.542. The van der Waals surface area contributed by atoms with E-state index in [1.807, 2.05) is 38.2 Å². The number of morpholine rings is 1. The molecule has 2 fully saturated rings. The highest BCUT2D eigenvalue weighted by molar-refractivity contribution is 5.51. The number of aliphatic hydroxyl groups is 1. The van der Waals surface area contributed by atoms with Crippen molar-refractivity contribution in [1.82, 2.24) is 9.88 Å². The van der Waals surface area contributed by atoms with Crippen molar-refractivity contribution >= 4 is 5.69 Å². The molecule has 1 aromatic carbocycles. The van der Waals surface area contributed by atoms with Gasteiger partial charge in [-0.3, -0.25) is 9.72 Å². The van der Waals surface area contributed by atoms with Crippen molar-refractivity contribution in [3.8, 4) is 0 Å². The predicted octanol–water partition coefficient (Wildman–Crippen LogP) is 4.41. The third kappa shape index (κ3) is 4.34. The maximum atomic E-state index is 13.8. The van der Waals surface area contributed by atoms with E-state index >= 15 is 0 Å². The Labute approximate surface area is 191 Å². The number of rotatable bonds is 5. The quantitative estimate of drug-likeness (QED) is 0.660. The van der Waals surface area contributed by atoms with Crippen molar-refractivity contribution in [2.75, 3.05) is 38.1 Å². The number of anilines is 1. The lowest BCUT2D eigenvalue weighted by Gasteiger charge is -2.56. The Morgan fingerprint density at radius 3 is 2.06 bits per heavy atom. The smallest absolute Gasteiger partial charge is 0.377 e. The summed E-state index contributed by atoms with van der Waals surface area (Å²) < 4.78 is 58.9. The lowest BCUT2D eigenvalue weighted by molar-refractivity contribution is -0.380. The molecule has 5 nitrogen and oxygen atoms in total. The monoisotopic (exact) mass is 467 g/mol. The van der Waals surface area contributed by atoms with Crippen LogP contribution in [0.5, 0.6) is 0 Å². The summed E-state index contributed by atoms with van der Waals surface area (Å²) in [5, 5.41) is 12.2. The summed E-state index contributed by atoms with van der Waals surface area (Å²) in [5.41, 5.74) is 0.0886. The number of pyridine rings is 1. The Hall–Kier alpha value is -2.23. The van der Waals surface area contributed by atoms with Gasteiger partial charge in [0, 0.05) is 30.3 Å². The summed E-state index contributed by atoms with van der Waals surface area (Å²) in [7, 11) is 1.94. The Balaban J connectivity index is 1.77. The summed E-state index contributed by atoms with van der Waals surface area (Å²) in [6, 6.07) is 9.11. The summed E-state index contributed by atoms with van der Waals surface area (Å²) in [6.45, 7) is 5.22. The second kappa shape index (κ2) is 7.92. The Morgan fingerprint density at radius 2 is 1.55 bits per heavy atom. The summed E-state index contributed by atoms with van der Waals surface area (Å²) in [6.07, 6.45) is -5.30. The highest BCUT2D eigenvalue weighted by Gasteiger charge is 2.56. The van der Waals surface area contributed by atoms with E-state index in [1.165, 1.54) is 18.5 Å². The standard InChI is InChI=1S/C24H29F4N3O2/c1-16(2)17-5-7-18(8-6-17)24(32,21(3)12-30(4)13-21)19-9-20(11-29-10-19)31-14-22(25,26)33-23(27,28)15-31/h5-11,16,32H,12-15H2,1-4H3/t24-/m0/s1. The number of hydrogen-bond donors (Lipinski definition) is 1. The average Bonchev–Trinajstić information content (AvgIpc) is 2.70. The van der Waals surface area contributed by atoms with Crippen LogP contribution >= 0.6 is 0 Å². The molecule has 1 atom stereocenters. The van der Waals surface area contributed by atoms with Gasteiger partial charge in [-0.1, -0.05) is 45.0 Å². The van der Waals surface area contributed by atoms with Gasteiger partial charge in [-0.25, -0.2) is 0 Å². The SMILES string of the molecule is CC(C)c1ccc([C@](O)(c2cncc(N3CC(F)(F)OC(F)(F)C3)c2)C2(C)CN(C)C2)cc1. The van der Waals surface area contributed by atoms with Crippen LogP contribution in [0.25, 0.3) is 0 Å². The second-order valence-corrected chi connectivity index (χ2v) is 9.88. The number of ether oxygens (including phenoxy) is 1. The van der Waals surface area contributed by atoms with Gasteiger partial charge < -0.3 is 14.9 Å². The molecule has 0 saturated carbocycles. The van der Waals surface area contributed by atoms with Crippen LogP contribution in [-0.4, -0.2) is 60.4 Å². The van der Waals surface area contributed by atoms with Crippen molar-refractivity contribution in [2.45, 2.75) is 44.5 Å². The predicted molar refractivity (Wildman–Crippen MR) is 117 cm³/mol. The van der Waals surface area contributed by atoms with Crippen LogP contribution < -0.4 is 4.90 Å². The fourth-order valence-corrected chi connectivity index (χ4v) is 5.11. The van der Waals surface area contributed by atoms with Gasteiger partial charge in [0.15, 0.2) is 0 Å². The first-order valence-electron chi connectivity index (χ1n) is 10.9. The minimum Gasteiger partial charge on any atom is -0.380 e. The van der Waals surface area contributed by atoms with E-state index in [-0.39, 0.29) is 5.69 Å². The van der Waals surface area contributed by atoms with Crippen LogP contribution in [0.4, 0.5) is 23.2 Å². The van der Waals surface area contributed by atoms with E-state index in [0.717, 1.165) is 10.5 Å². The molecule has 3 heterocycles. The average molecular weight is 468 g/mol. The zero-order valence-electron chi connectivity index (χ0n) is 19.2. The van der Waals surface area contributed by atoms with E-state index in [1.54, 1.807) is 0 Å². The van der Waals surface area contributed by atoms with Crippen LogP contribution in [0, 0.1) is 5.41 Å². The first-order chi connectivity index (χ1) is 15.2. The van der Waals surface area contributed by atoms with Gasteiger partial charge in [0.05, 0.1) is 11.9 Å². The highest BCUT2D eigenvalue weighted by atomic mass is 19.3. The van der Waals surface area contributed by atoms with Crippen LogP contribution in [0.1, 0.15) is 43.4 Å². The highest BCUT2D eigenvalue weighted by Crippen LogP contribution is 2.50. The van der Waals surface area contributed by atoms with Crippen molar-refractivity contribution < 1.29 is 27.4 Å². The molecule has 2 saturated heterocycles. The number of likely N-dealkylation sites (tertiary alicyclic amines) is 1. The molecule has 33 heavy (non-hydrogen) atoms. The first-order valence-corrected chi connectivity index (χ1v) is 10.9. The molecule has 180 valence electrons. The van der Waals surface area contributed by atoms with Crippen LogP contribution in [0.15, 0.2) is 42.7 Å². The van der Waals surface area contributed by atoms with Crippen molar-refractivity contribution in [1.29, 1.82) is 0 Å². The molecule has 0 aliphatic carbocycles. The Kier molecular flexibility index (Phi) is 5.74. The molecule has 0 unspecified atom stereocenters. The maximum Gasteiger partial charge on any atom is 0.377 e. The molecule has 4 rings (SSSR count). The normalized spacial score (nSPS) is 23.8. The topological polar surface area (TPSA) is 48.8 Å². The third-order valence-corrected chi connectivity index (χ3v) is 6.66. The van der Waals surface area contributed by atoms with E-state index in [4.69, 9.17) is 0 Å². The second-order valence-electron chi connectivity index (χ2n) is 9.88. The van der Waals surface area contributed by atoms with E-state index in [9.17, 15) is 22.7 Å². The number of alkyl halides is 4. The molecule has 9 heteroatoms. The maximum absolute atomic E-state index is 13.8. The van der Waals surface area contributed by atoms with Gasteiger partial charge in [0.1, 0.15) is 18.7 Å². The minimum atomic E-state index is -4.01. The molecule has 1 N–H and O–H groups in total. The molecule has 0 bridgehead atoms. The molecule has 2 aliphatic heterocycles. The van der Waals surface area contributed by atoms with E-state index in [0.29, 0.717) is 30.1 Å². The van der Waals surface area contributed by atoms with Gasteiger partial charge in [0.25, 0.3) is 0 Å². The molecule has 2 aliphatic rings. The van der Waals surface area contributed by atoms with Crippen molar-refractivity contribution in [2.24, 2.45) is 5.41 Å². The van der Waals surface area contributed by atoms with Gasteiger partial charge >= 0.3 is 12.2 Å². The first kappa shape index (κ1) is 23.9. The fourth-order valence-electron chi connectivity index (χ4n) is 5.11. The third-order valence-electron chi connectivity index (χ3n) is 6.66. The van der Waals surface area contributed by atoms with E-state index < -0.39 is 36.3 Å². The summed E-state index contributed by atoms with van der Waals surface area (Å²) in [5.74, 6) is 0.312. The zero-order chi connectivity index (χ0) is 24.2. The summed E-state index contributed by atoms with van der Waals surface area (Å²) in [4.78, 5) is 7.05. The minimum absolute atomic E-state index is 0.0728. The van der Waals surface area contributed by atoms with Gasteiger partial charge in [-0.15, -0.1) is 0 Å². The largest absolute Gasteiger partial charge is 0.380 e. The number of hydrogen-bond acceptors (Lipinski definition) is 5. The molecule has 0 spiro atoms. The number of halogens is 4. The molecular weight excluding hydrogens is 438 g/mol. The van der Waals surface area contributed by atoms with Crippen LogP contribution in [-0.2, 0) is 10.3 Å². The van der Waals surface area contributed by atoms with Gasteiger partial charge in [0.2, 0.25) is 0 Å². The molecule has 1 aromatic heterocycles. The Bertz CT molecular complexity index is 993. The van der Waals surface area contributed by atoms with Crippen LogP contribution in [0.3, 0.4) is 0 Å². The van der Waals surface area contributed by atoms with Crippen LogP contribution in [0.2, 0.25) is 0 Å². The molecule has 0 amide bonds. The molecule has 2 aromatic rings. The Morgan fingerprint density at radius 1 is 0.970 bits per heavy atom. The summed E-state index contributed by atoms with van der Waals surface area (Å²) >= 11 is 0. The lowest BCUT2D eigenvalue weighted by Crippen LogP contribution is -2.63. The van der Waals surface area contributed by atoms with Crippen molar-refractivity contribution in [3.63, 3.8) is 0 Å².